The minimum Gasteiger partial charge on any atom is -0.384 e. The second-order valence-electron chi connectivity index (χ2n) is 6.36. The lowest BCUT2D eigenvalue weighted by Crippen LogP contribution is -2.12. The first kappa shape index (κ1) is 19.1. The van der Waals surface area contributed by atoms with Gasteiger partial charge in [-0.2, -0.15) is 5.10 Å². The number of anilines is 2. The number of hydrogen-bond acceptors (Lipinski definition) is 3. The van der Waals surface area contributed by atoms with Crippen LogP contribution in [0.1, 0.15) is 10.4 Å². The summed E-state index contributed by atoms with van der Waals surface area (Å²) in [6.45, 7) is 0. The summed E-state index contributed by atoms with van der Waals surface area (Å²) in [5, 5.41) is 8.34. The Bertz CT molecular complexity index is 1170. The molecule has 4 rings (SSSR count). The third kappa shape index (κ3) is 4.11. The lowest BCUT2D eigenvalue weighted by molar-refractivity contribution is 0.102. The normalized spacial score (nSPS) is 10.7. The van der Waals surface area contributed by atoms with Crippen molar-refractivity contribution < 1.29 is 4.79 Å². The zero-order valence-electron chi connectivity index (χ0n) is 15.1. The average molecular weight is 423 g/mol. The number of carbonyl (C=O) groups is 1. The second kappa shape index (κ2) is 7.99. The summed E-state index contributed by atoms with van der Waals surface area (Å²) >= 11 is 12.1. The number of halogens is 2. The van der Waals surface area contributed by atoms with Crippen LogP contribution in [0.4, 0.5) is 11.5 Å². The van der Waals surface area contributed by atoms with Crippen LogP contribution < -0.4 is 11.1 Å². The van der Waals surface area contributed by atoms with Crippen LogP contribution in [0, 0.1) is 0 Å². The van der Waals surface area contributed by atoms with Crippen molar-refractivity contribution in [1.29, 1.82) is 0 Å². The van der Waals surface area contributed by atoms with Crippen molar-refractivity contribution >= 4 is 40.6 Å². The van der Waals surface area contributed by atoms with Gasteiger partial charge in [0.25, 0.3) is 5.91 Å². The van der Waals surface area contributed by atoms with Crippen molar-refractivity contribution in [3.63, 3.8) is 0 Å². The van der Waals surface area contributed by atoms with Crippen LogP contribution in [0.3, 0.4) is 0 Å². The number of benzene rings is 3. The Morgan fingerprint density at radius 1 is 0.897 bits per heavy atom. The summed E-state index contributed by atoms with van der Waals surface area (Å²) < 4.78 is 1.61. The van der Waals surface area contributed by atoms with Gasteiger partial charge >= 0.3 is 0 Å². The van der Waals surface area contributed by atoms with Crippen molar-refractivity contribution in [2.75, 3.05) is 11.1 Å². The molecule has 0 radical (unpaired) electrons. The van der Waals surface area contributed by atoms with Gasteiger partial charge in [0, 0.05) is 22.9 Å². The number of nitrogens with zero attached hydrogens (tertiary/aromatic N) is 2. The molecule has 0 spiro atoms. The molecule has 1 amide bonds. The monoisotopic (exact) mass is 422 g/mol. The number of aromatic nitrogens is 2. The molecule has 0 unspecified atom stereocenters. The topological polar surface area (TPSA) is 72.9 Å². The highest BCUT2D eigenvalue weighted by molar-refractivity contribution is 6.42. The molecule has 0 aliphatic carbocycles. The van der Waals surface area contributed by atoms with Gasteiger partial charge in [-0.05, 0) is 48.5 Å². The molecule has 7 heteroatoms. The summed E-state index contributed by atoms with van der Waals surface area (Å²) in [5.41, 5.74) is 9.64. The number of nitrogens with one attached hydrogen (secondary N) is 1. The highest BCUT2D eigenvalue weighted by Crippen LogP contribution is 2.29. The summed E-state index contributed by atoms with van der Waals surface area (Å²) in [7, 11) is 0. The van der Waals surface area contributed by atoms with Crippen LogP contribution in [0.15, 0.2) is 78.9 Å². The van der Waals surface area contributed by atoms with Crippen molar-refractivity contribution in [1.82, 2.24) is 9.78 Å². The largest absolute Gasteiger partial charge is 0.384 e. The Labute approximate surface area is 177 Å². The fourth-order valence-electron chi connectivity index (χ4n) is 2.88. The molecule has 1 aromatic heterocycles. The first-order valence-corrected chi connectivity index (χ1v) is 9.54. The predicted molar refractivity (Wildman–Crippen MR) is 118 cm³/mol. The molecule has 3 aromatic carbocycles. The third-order valence-electron chi connectivity index (χ3n) is 4.36. The van der Waals surface area contributed by atoms with Gasteiger partial charge in [0.1, 0.15) is 5.82 Å². The van der Waals surface area contributed by atoms with Crippen molar-refractivity contribution in [3.8, 4) is 16.9 Å². The SMILES string of the molecule is Nc1cc(-c2ccc(Cl)c(Cl)c2)nn1-c1ccc(C(=O)Nc2ccccc2)cc1. The maximum atomic E-state index is 12.4. The molecule has 0 bridgehead atoms. The highest BCUT2D eigenvalue weighted by Gasteiger charge is 2.12. The standard InChI is InChI=1S/C22H16Cl2N4O/c23-18-11-8-15(12-19(18)24)20-13-21(25)28(27-20)17-9-6-14(7-10-17)22(29)26-16-4-2-1-3-5-16/h1-13H,25H2,(H,26,29). The zero-order valence-corrected chi connectivity index (χ0v) is 16.7. The molecule has 144 valence electrons. The van der Waals surface area contributed by atoms with Crippen molar-refractivity contribution in [3.05, 3.63) is 94.5 Å². The Morgan fingerprint density at radius 3 is 2.31 bits per heavy atom. The van der Waals surface area contributed by atoms with Crippen LogP contribution >= 0.6 is 23.2 Å². The molecule has 0 aliphatic rings. The molecule has 0 fully saturated rings. The molecule has 0 atom stereocenters. The first-order chi connectivity index (χ1) is 14.0. The number of carbonyl (C=O) groups excluding carboxylic acids is 1. The number of rotatable bonds is 4. The van der Waals surface area contributed by atoms with E-state index in [9.17, 15) is 4.79 Å². The van der Waals surface area contributed by atoms with Crippen molar-refractivity contribution in [2.24, 2.45) is 0 Å². The van der Waals surface area contributed by atoms with E-state index in [0.717, 1.165) is 16.9 Å². The lowest BCUT2D eigenvalue weighted by Gasteiger charge is -2.07. The Balaban J connectivity index is 1.57. The van der Waals surface area contributed by atoms with E-state index >= 15 is 0 Å². The van der Waals surface area contributed by atoms with E-state index < -0.39 is 0 Å². The van der Waals surface area contributed by atoms with E-state index in [1.54, 1.807) is 47.1 Å². The van der Waals surface area contributed by atoms with Gasteiger partial charge in [-0.1, -0.05) is 47.5 Å². The maximum Gasteiger partial charge on any atom is 0.255 e. The molecule has 0 saturated heterocycles. The van der Waals surface area contributed by atoms with Gasteiger partial charge in [-0.15, -0.1) is 0 Å². The smallest absolute Gasteiger partial charge is 0.255 e. The maximum absolute atomic E-state index is 12.4. The number of hydrogen-bond donors (Lipinski definition) is 2. The van der Waals surface area contributed by atoms with Gasteiger partial charge in [-0.3, -0.25) is 4.79 Å². The summed E-state index contributed by atoms with van der Waals surface area (Å²) in [6.07, 6.45) is 0. The minimum absolute atomic E-state index is 0.187. The second-order valence-corrected chi connectivity index (χ2v) is 7.18. The van der Waals surface area contributed by atoms with Gasteiger partial charge < -0.3 is 11.1 Å². The quantitative estimate of drug-likeness (QED) is 0.444. The Morgan fingerprint density at radius 2 is 1.62 bits per heavy atom. The lowest BCUT2D eigenvalue weighted by atomic mass is 10.1. The van der Waals surface area contributed by atoms with Crippen LogP contribution in [0.2, 0.25) is 10.0 Å². The number of nitrogens with two attached hydrogens (primary N) is 1. The fraction of sp³-hybridized carbons (Fsp3) is 0. The Kier molecular flexibility index (Phi) is 5.25. The number of para-hydroxylation sites is 1. The van der Waals surface area contributed by atoms with E-state index in [2.05, 4.69) is 10.4 Å². The molecular formula is C22H16Cl2N4O. The molecule has 0 aliphatic heterocycles. The Hall–Kier alpha value is -3.28. The summed E-state index contributed by atoms with van der Waals surface area (Å²) in [5.74, 6) is 0.278. The van der Waals surface area contributed by atoms with E-state index in [-0.39, 0.29) is 5.91 Å². The van der Waals surface area contributed by atoms with Gasteiger partial charge in [0.05, 0.1) is 21.4 Å². The minimum atomic E-state index is -0.187. The summed E-state index contributed by atoms with van der Waals surface area (Å²) in [6, 6.07) is 23.4. The number of nitrogen functional groups attached to an aromatic ring is 1. The van der Waals surface area contributed by atoms with Gasteiger partial charge in [0.2, 0.25) is 0 Å². The van der Waals surface area contributed by atoms with Crippen molar-refractivity contribution in [2.45, 2.75) is 0 Å². The van der Waals surface area contributed by atoms with Crippen LogP contribution in [-0.4, -0.2) is 15.7 Å². The molecule has 5 nitrogen and oxygen atoms in total. The van der Waals surface area contributed by atoms with E-state index in [4.69, 9.17) is 28.9 Å². The van der Waals surface area contributed by atoms with E-state index in [1.165, 1.54) is 0 Å². The molecule has 1 heterocycles. The highest BCUT2D eigenvalue weighted by atomic mass is 35.5. The van der Waals surface area contributed by atoms with Gasteiger partial charge in [0.15, 0.2) is 0 Å². The average Bonchev–Trinajstić information content (AvgIpc) is 3.12. The molecule has 0 saturated carbocycles. The zero-order chi connectivity index (χ0) is 20.4. The molecule has 4 aromatic rings. The first-order valence-electron chi connectivity index (χ1n) is 8.79. The molecular weight excluding hydrogens is 407 g/mol. The fourth-order valence-corrected chi connectivity index (χ4v) is 3.18. The summed E-state index contributed by atoms with van der Waals surface area (Å²) in [4.78, 5) is 12.4. The number of amides is 1. The third-order valence-corrected chi connectivity index (χ3v) is 5.10. The molecule has 3 N–H and O–H groups in total. The van der Waals surface area contributed by atoms with E-state index in [0.29, 0.717) is 27.1 Å². The molecule has 29 heavy (non-hydrogen) atoms. The van der Waals surface area contributed by atoms with Gasteiger partial charge in [-0.25, -0.2) is 4.68 Å². The van der Waals surface area contributed by atoms with Crippen LogP contribution in [-0.2, 0) is 0 Å². The van der Waals surface area contributed by atoms with Crippen LogP contribution in [0.5, 0.6) is 0 Å². The van der Waals surface area contributed by atoms with E-state index in [1.807, 2.05) is 36.4 Å². The predicted octanol–water partition coefficient (Wildman–Crippen LogP) is 5.68. The van der Waals surface area contributed by atoms with Crippen LogP contribution in [0.25, 0.3) is 16.9 Å².